The quantitative estimate of drug-likeness (QED) is 0.587. The molecule has 2 aromatic carbocycles. The lowest BCUT2D eigenvalue weighted by Crippen LogP contribution is -2.20. The van der Waals surface area contributed by atoms with Gasteiger partial charge in [0.2, 0.25) is 17.6 Å². The highest BCUT2D eigenvalue weighted by Gasteiger charge is 2.15. The summed E-state index contributed by atoms with van der Waals surface area (Å²) in [7, 11) is 0. The van der Waals surface area contributed by atoms with E-state index in [0.29, 0.717) is 23.0 Å². The normalized spacial score (nSPS) is 11.0. The second-order valence-electron chi connectivity index (χ2n) is 6.19. The van der Waals surface area contributed by atoms with Crippen molar-refractivity contribution in [1.29, 1.82) is 0 Å². The van der Waals surface area contributed by atoms with E-state index in [2.05, 4.69) is 20.4 Å². The average molecular weight is 361 g/mol. The lowest BCUT2D eigenvalue weighted by atomic mass is 10.1. The number of rotatable bonds is 5. The van der Waals surface area contributed by atoms with Crippen LogP contribution in [0.2, 0.25) is 0 Å². The Bertz CT molecular complexity index is 1110. The molecule has 0 unspecified atom stereocenters. The van der Waals surface area contributed by atoms with E-state index in [0.717, 1.165) is 23.3 Å². The second kappa shape index (κ2) is 7.03. The zero-order chi connectivity index (χ0) is 18.8. The van der Waals surface area contributed by atoms with Crippen molar-refractivity contribution < 1.29 is 9.32 Å². The molecule has 0 bridgehead atoms. The molecule has 0 aliphatic rings. The summed E-state index contributed by atoms with van der Waals surface area (Å²) in [6.07, 6.45) is 0.751. The molecular formula is C20H19N5O2. The van der Waals surface area contributed by atoms with Crippen LogP contribution in [-0.4, -0.2) is 25.6 Å². The first-order chi connectivity index (χ1) is 13.2. The van der Waals surface area contributed by atoms with E-state index in [-0.39, 0.29) is 12.5 Å². The Balaban J connectivity index is 1.61. The van der Waals surface area contributed by atoms with Crippen LogP contribution in [0.3, 0.4) is 0 Å². The molecule has 7 nitrogen and oxygen atoms in total. The number of carbonyl (C=O) groups excluding carboxylic acids is 1. The Kier molecular flexibility index (Phi) is 4.42. The van der Waals surface area contributed by atoms with Gasteiger partial charge in [-0.3, -0.25) is 4.79 Å². The van der Waals surface area contributed by atoms with E-state index < -0.39 is 0 Å². The molecule has 0 aliphatic heterocycles. The Morgan fingerprint density at radius 2 is 1.89 bits per heavy atom. The van der Waals surface area contributed by atoms with E-state index in [1.807, 2.05) is 60.0 Å². The van der Waals surface area contributed by atoms with Crippen LogP contribution in [0.1, 0.15) is 18.6 Å². The topological polar surface area (TPSA) is 85.8 Å². The number of benzene rings is 2. The van der Waals surface area contributed by atoms with E-state index in [1.165, 1.54) is 0 Å². The minimum atomic E-state index is -0.138. The monoisotopic (exact) mass is 361 g/mol. The van der Waals surface area contributed by atoms with Gasteiger partial charge in [-0.25, -0.2) is 4.98 Å². The molecule has 0 saturated heterocycles. The lowest BCUT2D eigenvalue weighted by molar-refractivity contribution is -0.116. The fourth-order valence-electron chi connectivity index (χ4n) is 3.10. The minimum absolute atomic E-state index is 0.138. The third-order valence-electron chi connectivity index (χ3n) is 4.32. The van der Waals surface area contributed by atoms with Crippen LogP contribution >= 0.6 is 0 Å². The molecule has 4 aromatic rings. The van der Waals surface area contributed by atoms with Gasteiger partial charge in [0, 0.05) is 18.9 Å². The molecule has 2 aromatic heterocycles. The number of amides is 1. The van der Waals surface area contributed by atoms with Gasteiger partial charge in [-0.05, 0) is 24.3 Å². The maximum absolute atomic E-state index is 12.8. The Hall–Kier alpha value is -3.48. The Morgan fingerprint density at radius 1 is 1.11 bits per heavy atom. The van der Waals surface area contributed by atoms with Crippen LogP contribution in [0.25, 0.3) is 22.4 Å². The number of carbonyl (C=O) groups is 1. The summed E-state index contributed by atoms with van der Waals surface area (Å²) >= 11 is 0. The van der Waals surface area contributed by atoms with Crippen molar-refractivity contribution in [2.24, 2.45) is 0 Å². The minimum Gasteiger partial charge on any atom is -0.339 e. The van der Waals surface area contributed by atoms with Crippen molar-refractivity contribution in [2.45, 2.75) is 26.8 Å². The summed E-state index contributed by atoms with van der Waals surface area (Å²) in [4.78, 5) is 21.6. The van der Waals surface area contributed by atoms with Gasteiger partial charge in [0.05, 0.1) is 16.7 Å². The van der Waals surface area contributed by atoms with E-state index in [9.17, 15) is 4.79 Å². The second-order valence-corrected chi connectivity index (χ2v) is 6.19. The van der Waals surface area contributed by atoms with Crippen LogP contribution < -0.4 is 5.32 Å². The maximum Gasteiger partial charge on any atom is 0.244 e. The van der Waals surface area contributed by atoms with Crippen molar-refractivity contribution in [1.82, 2.24) is 19.7 Å². The molecule has 0 saturated carbocycles. The van der Waals surface area contributed by atoms with Crippen LogP contribution in [0, 0.1) is 6.92 Å². The molecule has 1 amide bonds. The Labute approximate surface area is 156 Å². The SMILES string of the molecule is CCc1nc2ccccc2n1CC(=O)Nc1ccccc1-c1noc(C)n1. The van der Waals surface area contributed by atoms with Gasteiger partial charge in [-0.15, -0.1) is 0 Å². The number of anilines is 1. The van der Waals surface area contributed by atoms with Gasteiger partial charge < -0.3 is 14.4 Å². The molecule has 7 heteroatoms. The molecule has 1 N–H and O–H groups in total. The fraction of sp³-hybridized carbons (Fsp3) is 0.200. The summed E-state index contributed by atoms with van der Waals surface area (Å²) in [5, 5.41) is 6.91. The van der Waals surface area contributed by atoms with Crippen molar-refractivity contribution in [3.63, 3.8) is 0 Å². The van der Waals surface area contributed by atoms with Crippen LogP contribution in [0.4, 0.5) is 5.69 Å². The van der Waals surface area contributed by atoms with Crippen molar-refractivity contribution in [2.75, 3.05) is 5.32 Å². The number of aromatic nitrogens is 4. The highest BCUT2D eigenvalue weighted by molar-refractivity contribution is 5.95. The van der Waals surface area contributed by atoms with Crippen molar-refractivity contribution >= 4 is 22.6 Å². The smallest absolute Gasteiger partial charge is 0.244 e. The highest BCUT2D eigenvalue weighted by atomic mass is 16.5. The van der Waals surface area contributed by atoms with Gasteiger partial charge in [0.15, 0.2) is 0 Å². The molecule has 136 valence electrons. The number of nitrogens with zero attached hydrogens (tertiary/aromatic N) is 4. The first-order valence-electron chi connectivity index (χ1n) is 8.79. The molecule has 0 aliphatic carbocycles. The molecular weight excluding hydrogens is 342 g/mol. The number of hydrogen-bond donors (Lipinski definition) is 1. The largest absolute Gasteiger partial charge is 0.339 e. The number of aryl methyl sites for hydroxylation is 2. The summed E-state index contributed by atoms with van der Waals surface area (Å²) in [6, 6.07) is 15.2. The summed E-state index contributed by atoms with van der Waals surface area (Å²) in [5.41, 5.74) is 3.20. The first kappa shape index (κ1) is 17.0. The lowest BCUT2D eigenvalue weighted by Gasteiger charge is -2.11. The number of imidazole rings is 1. The molecule has 0 spiro atoms. The Morgan fingerprint density at radius 3 is 2.67 bits per heavy atom. The number of para-hydroxylation sites is 3. The van der Waals surface area contributed by atoms with Crippen LogP contribution in [0.5, 0.6) is 0 Å². The third-order valence-corrected chi connectivity index (χ3v) is 4.32. The first-order valence-corrected chi connectivity index (χ1v) is 8.79. The van der Waals surface area contributed by atoms with E-state index in [4.69, 9.17) is 4.52 Å². The predicted molar refractivity (Wildman–Crippen MR) is 102 cm³/mol. The van der Waals surface area contributed by atoms with Gasteiger partial charge in [-0.1, -0.05) is 36.3 Å². The zero-order valence-electron chi connectivity index (χ0n) is 15.1. The molecule has 2 heterocycles. The number of hydrogen-bond acceptors (Lipinski definition) is 5. The fourth-order valence-corrected chi connectivity index (χ4v) is 3.10. The summed E-state index contributed by atoms with van der Waals surface area (Å²) in [5.74, 6) is 1.67. The van der Waals surface area contributed by atoms with Gasteiger partial charge in [0.1, 0.15) is 12.4 Å². The average Bonchev–Trinajstić information content (AvgIpc) is 3.26. The molecule has 4 rings (SSSR count). The molecule has 0 radical (unpaired) electrons. The zero-order valence-corrected chi connectivity index (χ0v) is 15.1. The predicted octanol–water partition coefficient (Wildman–Crippen LogP) is 3.60. The van der Waals surface area contributed by atoms with E-state index in [1.54, 1.807) is 6.92 Å². The summed E-state index contributed by atoms with van der Waals surface area (Å²) < 4.78 is 7.01. The third kappa shape index (κ3) is 3.31. The van der Waals surface area contributed by atoms with Gasteiger partial charge >= 0.3 is 0 Å². The number of fused-ring (bicyclic) bond motifs is 1. The standard InChI is InChI=1S/C20H19N5O2/c1-3-18-22-16-10-6-7-11-17(16)25(18)12-19(26)23-15-9-5-4-8-14(15)20-21-13(2)27-24-20/h4-11H,3,12H2,1-2H3,(H,23,26). The summed E-state index contributed by atoms with van der Waals surface area (Å²) in [6.45, 7) is 3.95. The van der Waals surface area contributed by atoms with Crippen LogP contribution in [0.15, 0.2) is 53.1 Å². The van der Waals surface area contributed by atoms with Gasteiger partial charge in [0.25, 0.3) is 0 Å². The number of nitrogens with one attached hydrogen (secondary N) is 1. The van der Waals surface area contributed by atoms with Crippen molar-refractivity contribution in [3.8, 4) is 11.4 Å². The molecule has 0 atom stereocenters. The molecule has 27 heavy (non-hydrogen) atoms. The van der Waals surface area contributed by atoms with Crippen LogP contribution in [-0.2, 0) is 17.8 Å². The van der Waals surface area contributed by atoms with Crippen molar-refractivity contribution in [3.05, 3.63) is 60.2 Å². The van der Waals surface area contributed by atoms with Gasteiger partial charge in [-0.2, -0.15) is 4.98 Å². The maximum atomic E-state index is 12.8. The molecule has 0 fully saturated rings. The van der Waals surface area contributed by atoms with E-state index >= 15 is 0 Å². The highest BCUT2D eigenvalue weighted by Crippen LogP contribution is 2.25.